The number of carbonyl (C=O) groups excluding carboxylic acids is 1. The maximum atomic E-state index is 11.7. The van der Waals surface area contributed by atoms with Gasteiger partial charge in [-0.1, -0.05) is 29.8 Å². The molecule has 3 aromatic rings. The van der Waals surface area contributed by atoms with Crippen molar-refractivity contribution in [3.63, 3.8) is 0 Å². The molecule has 0 atom stereocenters. The Bertz CT molecular complexity index is 1010. The highest BCUT2D eigenvalue weighted by molar-refractivity contribution is 6.33. The summed E-state index contributed by atoms with van der Waals surface area (Å²) in [6.45, 7) is 0.835. The highest BCUT2D eigenvalue weighted by atomic mass is 35.5. The Morgan fingerprint density at radius 3 is 2.93 bits per heavy atom. The summed E-state index contributed by atoms with van der Waals surface area (Å²) in [7, 11) is 1.34. The fraction of sp³-hybridized carbons (Fsp3) is 0.150. The lowest BCUT2D eigenvalue weighted by Gasteiger charge is -2.18. The Balaban J connectivity index is 1.62. The number of methoxy groups -OCH3 is 1. The molecule has 0 unspecified atom stereocenters. The van der Waals surface area contributed by atoms with Crippen molar-refractivity contribution in [1.29, 1.82) is 0 Å². The van der Waals surface area contributed by atoms with Crippen molar-refractivity contribution in [3.05, 3.63) is 70.9 Å². The molecule has 27 heavy (non-hydrogen) atoms. The van der Waals surface area contributed by atoms with E-state index in [4.69, 9.17) is 16.3 Å². The zero-order chi connectivity index (χ0) is 18.8. The average molecular weight is 381 g/mol. The molecule has 0 aliphatic carbocycles. The van der Waals surface area contributed by atoms with E-state index >= 15 is 0 Å². The fourth-order valence-electron chi connectivity index (χ4n) is 3.10. The minimum atomic E-state index is -0.424. The normalized spacial score (nSPS) is 12.6. The molecule has 0 saturated heterocycles. The third-order valence-electron chi connectivity index (χ3n) is 4.42. The molecule has 2 heterocycles. The number of rotatable bonds is 4. The molecule has 0 amide bonds. The summed E-state index contributed by atoms with van der Waals surface area (Å²) in [5.41, 5.74) is 3.40. The van der Waals surface area contributed by atoms with Crippen LogP contribution in [0.4, 0.5) is 23.1 Å². The van der Waals surface area contributed by atoms with E-state index in [1.807, 2.05) is 12.1 Å². The number of ether oxygens (including phenoxy) is 1. The number of aromatic nitrogens is 2. The standard InChI is InChI=1S/C20H17ClN4O2/c1-27-19(26)14-6-7-15(21)16(12-14)23-18-8-10-22-20(24-18)25-11-9-13-4-2-3-5-17(13)25/h2-8,10,12H,9,11H2,1H3,(H,22,23,24). The predicted molar refractivity (Wildman–Crippen MR) is 105 cm³/mol. The molecule has 136 valence electrons. The molecule has 2 aromatic carbocycles. The number of anilines is 4. The van der Waals surface area contributed by atoms with Gasteiger partial charge in [0.05, 0.1) is 23.4 Å². The molecule has 6 nitrogen and oxygen atoms in total. The van der Waals surface area contributed by atoms with Crippen LogP contribution >= 0.6 is 11.6 Å². The van der Waals surface area contributed by atoms with Gasteiger partial charge in [0.15, 0.2) is 0 Å². The van der Waals surface area contributed by atoms with Crippen LogP contribution in [-0.4, -0.2) is 29.6 Å². The van der Waals surface area contributed by atoms with Crippen LogP contribution in [0.25, 0.3) is 0 Å². The van der Waals surface area contributed by atoms with E-state index in [1.165, 1.54) is 12.7 Å². The van der Waals surface area contributed by atoms with Crippen LogP contribution in [-0.2, 0) is 11.2 Å². The van der Waals surface area contributed by atoms with Crippen LogP contribution in [0.3, 0.4) is 0 Å². The fourth-order valence-corrected chi connectivity index (χ4v) is 3.26. The number of esters is 1. The highest BCUT2D eigenvalue weighted by Gasteiger charge is 2.22. The van der Waals surface area contributed by atoms with Gasteiger partial charge in [-0.25, -0.2) is 9.78 Å². The lowest BCUT2D eigenvalue weighted by molar-refractivity contribution is 0.0601. The van der Waals surface area contributed by atoms with Gasteiger partial charge < -0.3 is 15.0 Å². The Labute approximate surface area is 161 Å². The van der Waals surface area contributed by atoms with Gasteiger partial charge in [-0.3, -0.25) is 0 Å². The molecule has 0 bridgehead atoms. The predicted octanol–water partition coefficient (Wildman–Crippen LogP) is 4.35. The third-order valence-corrected chi connectivity index (χ3v) is 4.75. The number of nitrogens with zero attached hydrogens (tertiary/aromatic N) is 3. The van der Waals surface area contributed by atoms with Gasteiger partial charge in [0.1, 0.15) is 5.82 Å². The van der Waals surface area contributed by atoms with Gasteiger partial charge in [-0.05, 0) is 42.3 Å². The Kier molecular flexibility index (Phi) is 4.64. The maximum absolute atomic E-state index is 11.7. The molecule has 7 heteroatoms. The molecule has 1 N–H and O–H groups in total. The number of carbonyl (C=O) groups is 1. The molecule has 1 aliphatic heterocycles. The summed E-state index contributed by atoms with van der Waals surface area (Å²) in [5.74, 6) is 0.783. The number of halogens is 1. The first-order valence-corrected chi connectivity index (χ1v) is 8.87. The van der Waals surface area contributed by atoms with E-state index in [-0.39, 0.29) is 0 Å². The molecule has 1 aliphatic rings. The number of hydrogen-bond donors (Lipinski definition) is 1. The van der Waals surface area contributed by atoms with Gasteiger partial charge in [0.2, 0.25) is 5.95 Å². The van der Waals surface area contributed by atoms with Crippen LogP contribution in [0.15, 0.2) is 54.7 Å². The number of para-hydroxylation sites is 1. The first-order valence-electron chi connectivity index (χ1n) is 8.49. The maximum Gasteiger partial charge on any atom is 0.337 e. The van der Waals surface area contributed by atoms with Gasteiger partial charge in [-0.15, -0.1) is 0 Å². The quantitative estimate of drug-likeness (QED) is 0.678. The summed E-state index contributed by atoms with van der Waals surface area (Å²) in [6, 6.07) is 14.9. The van der Waals surface area contributed by atoms with Crippen LogP contribution in [0, 0.1) is 0 Å². The van der Waals surface area contributed by atoms with Crippen LogP contribution in [0.2, 0.25) is 5.02 Å². The Morgan fingerprint density at radius 2 is 2.07 bits per heavy atom. The van der Waals surface area contributed by atoms with Crippen LogP contribution in [0.1, 0.15) is 15.9 Å². The van der Waals surface area contributed by atoms with Crippen molar-refractivity contribution in [2.75, 3.05) is 23.9 Å². The van der Waals surface area contributed by atoms with Gasteiger partial charge in [-0.2, -0.15) is 4.98 Å². The van der Waals surface area contributed by atoms with Crippen molar-refractivity contribution in [2.45, 2.75) is 6.42 Å². The molecular formula is C20H17ClN4O2. The minimum Gasteiger partial charge on any atom is -0.465 e. The summed E-state index contributed by atoms with van der Waals surface area (Å²) in [6.07, 6.45) is 2.66. The van der Waals surface area contributed by atoms with Crippen molar-refractivity contribution in [3.8, 4) is 0 Å². The second-order valence-corrected chi connectivity index (χ2v) is 6.49. The molecule has 0 radical (unpaired) electrons. The van der Waals surface area contributed by atoms with Crippen molar-refractivity contribution in [2.24, 2.45) is 0 Å². The number of fused-ring (bicyclic) bond motifs is 1. The van der Waals surface area contributed by atoms with Gasteiger partial charge >= 0.3 is 5.97 Å². The molecular weight excluding hydrogens is 364 g/mol. The van der Waals surface area contributed by atoms with E-state index in [0.717, 1.165) is 18.7 Å². The Hall–Kier alpha value is -3.12. The minimum absolute atomic E-state index is 0.409. The van der Waals surface area contributed by atoms with Gasteiger partial charge in [0, 0.05) is 18.4 Å². The van der Waals surface area contributed by atoms with Crippen LogP contribution in [0.5, 0.6) is 0 Å². The van der Waals surface area contributed by atoms with E-state index in [9.17, 15) is 4.79 Å². The van der Waals surface area contributed by atoms with Gasteiger partial charge in [0.25, 0.3) is 0 Å². The average Bonchev–Trinajstić information content (AvgIpc) is 3.13. The molecule has 0 saturated carbocycles. The third kappa shape index (κ3) is 3.44. The molecule has 4 rings (SSSR count). The largest absolute Gasteiger partial charge is 0.465 e. The highest BCUT2D eigenvalue weighted by Crippen LogP contribution is 2.33. The second kappa shape index (κ2) is 7.25. The second-order valence-electron chi connectivity index (χ2n) is 6.08. The topological polar surface area (TPSA) is 67.3 Å². The van der Waals surface area contributed by atoms with E-state index in [0.29, 0.717) is 28.0 Å². The monoisotopic (exact) mass is 380 g/mol. The van der Waals surface area contributed by atoms with Crippen LogP contribution < -0.4 is 10.2 Å². The summed E-state index contributed by atoms with van der Waals surface area (Å²) < 4.78 is 4.76. The first-order chi connectivity index (χ1) is 13.2. The smallest absolute Gasteiger partial charge is 0.337 e. The number of nitrogens with one attached hydrogen (secondary N) is 1. The molecule has 1 aromatic heterocycles. The van der Waals surface area contributed by atoms with E-state index in [2.05, 4.69) is 32.3 Å². The summed E-state index contributed by atoms with van der Waals surface area (Å²) >= 11 is 6.26. The van der Waals surface area contributed by atoms with Crippen molar-refractivity contribution >= 4 is 40.7 Å². The lowest BCUT2D eigenvalue weighted by atomic mass is 10.2. The molecule has 0 fully saturated rings. The number of hydrogen-bond acceptors (Lipinski definition) is 6. The number of benzene rings is 2. The van der Waals surface area contributed by atoms with E-state index in [1.54, 1.807) is 30.5 Å². The zero-order valence-corrected chi connectivity index (χ0v) is 15.4. The Morgan fingerprint density at radius 1 is 1.22 bits per heavy atom. The summed E-state index contributed by atoms with van der Waals surface area (Å²) in [4.78, 5) is 22.9. The van der Waals surface area contributed by atoms with Crippen molar-refractivity contribution in [1.82, 2.24) is 9.97 Å². The SMILES string of the molecule is COC(=O)c1ccc(Cl)c(Nc2ccnc(N3CCc4ccccc43)n2)c1. The van der Waals surface area contributed by atoms with E-state index < -0.39 is 5.97 Å². The molecule has 0 spiro atoms. The summed E-state index contributed by atoms with van der Waals surface area (Å²) in [5, 5.41) is 3.64. The first kappa shape index (κ1) is 17.3. The lowest BCUT2D eigenvalue weighted by Crippen LogP contribution is -2.16. The zero-order valence-electron chi connectivity index (χ0n) is 14.6. The van der Waals surface area contributed by atoms with Crippen molar-refractivity contribution < 1.29 is 9.53 Å².